The van der Waals surface area contributed by atoms with Gasteiger partial charge in [0.2, 0.25) is 0 Å². The first-order valence-corrected chi connectivity index (χ1v) is 3.71. The molecule has 0 saturated carbocycles. The van der Waals surface area contributed by atoms with E-state index in [0.29, 0.717) is 6.42 Å². The van der Waals surface area contributed by atoms with Gasteiger partial charge in [0.05, 0.1) is 6.10 Å². The summed E-state index contributed by atoms with van der Waals surface area (Å²) in [6.07, 6.45) is 7.01. The lowest BCUT2D eigenvalue weighted by molar-refractivity contribution is 0.165. The number of rotatable bonds is 6. The van der Waals surface area contributed by atoms with Crippen molar-refractivity contribution >= 4 is 0 Å². The van der Waals surface area contributed by atoms with Gasteiger partial charge in [-0.05, 0) is 25.7 Å². The van der Waals surface area contributed by atoms with Gasteiger partial charge in [-0.3, -0.25) is 0 Å². The summed E-state index contributed by atoms with van der Waals surface area (Å²) in [6.45, 7) is 7.15. The van der Waals surface area contributed by atoms with Crippen molar-refractivity contribution in [2.75, 3.05) is 0 Å². The predicted molar refractivity (Wildman–Crippen MR) is 44.9 cm³/mol. The van der Waals surface area contributed by atoms with Crippen molar-refractivity contribution in [2.24, 2.45) is 0 Å². The zero-order valence-electron chi connectivity index (χ0n) is 6.42. The zero-order chi connectivity index (χ0) is 7.82. The second-order valence-corrected chi connectivity index (χ2v) is 2.40. The minimum Gasteiger partial charge on any atom is -0.393 e. The van der Waals surface area contributed by atoms with Gasteiger partial charge in [-0.25, -0.2) is 0 Å². The SMILES string of the molecule is C=CCCCC(O)CC=C. The Morgan fingerprint density at radius 1 is 1.30 bits per heavy atom. The third-order valence-electron chi connectivity index (χ3n) is 1.38. The van der Waals surface area contributed by atoms with E-state index < -0.39 is 0 Å². The summed E-state index contributed by atoms with van der Waals surface area (Å²) in [5.41, 5.74) is 0. The van der Waals surface area contributed by atoms with E-state index in [-0.39, 0.29) is 6.10 Å². The molecule has 1 nitrogen and oxygen atoms in total. The minimum absolute atomic E-state index is 0.197. The maximum atomic E-state index is 9.17. The Balaban J connectivity index is 3.11. The molecule has 0 aromatic rings. The van der Waals surface area contributed by atoms with Crippen LogP contribution in [0.15, 0.2) is 25.3 Å². The fourth-order valence-corrected chi connectivity index (χ4v) is 0.808. The predicted octanol–water partition coefficient (Wildman–Crippen LogP) is 2.28. The number of unbranched alkanes of at least 4 members (excludes halogenated alkanes) is 1. The standard InChI is InChI=1S/C9H16O/c1-3-5-6-8-9(10)7-4-2/h3-4,9-10H,1-2,5-8H2. The molecule has 0 radical (unpaired) electrons. The summed E-state index contributed by atoms with van der Waals surface area (Å²) in [5.74, 6) is 0. The molecular weight excluding hydrogens is 124 g/mol. The van der Waals surface area contributed by atoms with Crippen LogP contribution in [0.4, 0.5) is 0 Å². The molecule has 1 N–H and O–H groups in total. The maximum absolute atomic E-state index is 9.17. The second kappa shape index (κ2) is 6.56. The smallest absolute Gasteiger partial charge is 0.0574 e. The van der Waals surface area contributed by atoms with Crippen molar-refractivity contribution in [3.63, 3.8) is 0 Å². The molecule has 1 heteroatoms. The fourth-order valence-electron chi connectivity index (χ4n) is 0.808. The lowest BCUT2D eigenvalue weighted by Crippen LogP contribution is -2.03. The van der Waals surface area contributed by atoms with Crippen molar-refractivity contribution in [2.45, 2.75) is 31.8 Å². The lowest BCUT2D eigenvalue weighted by atomic mass is 10.1. The molecule has 0 aliphatic carbocycles. The number of aliphatic hydroxyl groups is 1. The maximum Gasteiger partial charge on any atom is 0.0574 e. The molecular formula is C9H16O. The molecule has 0 rings (SSSR count). The van der Waals surface area contributed by atoms with Gasteiger partial charge in [-0.1, -0.05) is 12.2 Å². The van der Waals surface area contributed by atoms with Crippen LogP contribution in [0.1, 0.15) is 25.7 Å². The Bertz CT molecular complexity index is 96.9. The topological polar surface area (TPSA) is 20.2 Å². The van der Waals surface area contributed by atoms with Gasteiger partial charge in [0, 0.05) is 0 Å². The van der Waals surface area contributed by atoms with Crippen LogP contribution in [0.25, 0.3) is 0 Å². The normalized spacial score (nSPS) is 12.5. The number of aliphatic hydroxyl groups excluding tert-OH is 1. The highest BCUT2D eigenvalue weighted by atomic mass is 16.3. The highest BCUT2D eigenvalue weighted by Crippen LogP contribution is 2.04. The van der Waals surface area contributed by atoms with Gasteiger partial charge in [0.1, 0.15) is 0 Å². The average molecular weight is 140 g/mol. The van der Waals surface area contributed by atoms with Gasteiger partial charge in [-0.15, -0.1) is 13.2 Å². The van der Waals surface area contributed by atoms with Crippen molar-refractivity contribution in [1.82, 2.24) is 0 Å². The Labute approximate surface area is 63.1 Å². The van der Waals surface area contributed by atoms with Gasteiger partial charge in [0.15, 0.2) is 0 Å². The molecule has 0 aliphatic heterocycles. The van der Waals surface area contributed by atoms with E-state index in [1.54, 1.807) is 6.08 Å². The number of hydrogen-bond donors (Lipinski definition) is 1. The van der Waals surface area contributed by atoms with Crippen LogP contribution in [-0.2, 0) is 0 Å². The molecule has 0 aromatic carbocycles. The van der Waals surface area contributed by atoms with E-state index >= 15 is 0 Å². The molecule has 0 spiro atoms. The molecule has 10 heavy (non-hydrogen) atoms. The van der Waals surface area contributed by atoms with E-state index in [2.05, 4.69) is 13.2 Å². The molecule has 0 aromatic heterocycles. The third-order valence-corrected chi connectivity index (χ3v) is 1.38. The zero-order valence-corrected chi connectivity index (χ0v) is 6.42. The quantitative estimate of drug-likeness (QED) is 0.443. The van der Waals surface area contributed by atoms with Crippen LogP contribution >= 0.6 is 0 Å². The highest BCUT2D eigenvalue weighted by molar-refractivity contribution is 4.73. The van der Waals surface area contributed by atoms with Gasteiger partial charge < -0.3 is 5.11 Å². The third kappa shape index (κ3) is 5.57. The molecule has 1 unspecified atom stereocenters. The number of hydrogen-bond acceptors (Lipinski definition) is 1. The molecule has 0 fully saturated rings. The van der Waals surface area contributed by atoms with Crippen LogP contribution in [0.5, 0.6) is 0 Å². The molecule has 0 aliphatic rings. The largest absolute Gasteiger partial charge is 0.393 e. The summed E-state index contributed by atoms with van der Waals surface area (Å²) in [4.78, 5) is 0. The highest BCUT2D eigenvalue weighted by Gasteiger charge is 1.98. The molecule has 0 amide bonds. The van der Waals surface area contributed by atoms with E-state index in [4.69, 9.17) is 0 Å². The Hall–Kier alpha value is -0.560. The first-order chi connectivity index (χ1) is 4.81. The van der Waals surface area contributed by atoms with Crippen molar-refractivity contribution in [1.29, 1.82) is 0 Å². The van der Waals surface area contributed by atoms with Crippen LogP contribution < -0.4 is 0 Å². The summed E-state index contributed by atoms with van der Waals surface area (Å²) in [7, 11) is 0. The lowest BCUT2D eigenvalue weighted by Gasteiger charge is -2.04. The van der Waals surface area contributed by atoms with Crippen molar-refractivity contribution in [3.8, 4) is 0 Å². The van der Waals surface area contributed by atoms with E-state index in [9.17, 15) is 5.11 Å². The van der Waals surface area contributed by atoms with Gasteiger partial charge in [-0.2, -0.15) is 0 Å². The average Bonchev–Trinajstić information content (AvgIpc) is 1.89. The van der Waals surface area contributed by atoms with E-state index in [1.165, 1.54) is 0 Å². The molecule has 0 bridgehead atoms. The van der Waals surface area contributed by atoms with Crippen LogP contribution in [-0.4, -0.2) is 11.2 Å². The van der Waals surface area contributed by atoms with E-state index in [1.807, 2.05) is 6.08 Å². The first kappa shape index (κ1) is 9.44. The Morgan fingerprint density at radius 2 is 2.00 bits per heavy atom. The monoisotopic (exact) mass is 140 g/mol. The summed E-state index contributed by atoms with van der Waals surface area (Å²) >= 11 is 0. The van der Waals surface area contributed by atoms with Crippen LogP contribution in [0.2, 0.25) is 0 Å². The Kier molecular flexibility index (Phi) is 6.19. The van der Waals surface area contributed by atoms with Crippen LogP contribution in [0, 0.1) is 0 Å². The summed E-state index contributed by atoms with van der Waals surface area (Å²) < 4.78 is 0. The van der Waals surface area contributed by atoms with E-state index in [0.717, 1.165) is 19.3 Å². The first-order valence-electron chi connectivity index (χ1n) is 3.71. The van der Waals surface area contributed by atoms with Crippen LogP contribution in [0.3, 0.4) is 0 Å². The number of allylic oxidation sites excluding steroid dienone is 1. The minimum atomic E-state index is -0.197. The molecule has 0 saturated heterocycles. The summed E-state index contributed by atoms with van der Waals surface area (Å²) in [5, 5.41) is 9.17. The van der Waals surface area contributed by atoms with Gasteiger partial charge in [0.25, 0.3) is 0 Å². The van der Waals surface area contributed by atoms with Gasteiger partial charge >= 0.3 is 0 Å². The van der Waals surface area contributed by atoms with Crippen molar-refractivity contribution < 1.29 is 5.11 Å². The summed E-state index contributed by atoms with van der Waals surface area (Å²) in [6, 6.07) is 0. The van der Waals surface area contributed by atoms with Crippen molar-refractivity contribution in [3.05, 3.63) is 25.3 Å². The molecule has 58 valence electrons. The molecule has 1 atom stereocenters. The molecule has 0 heterocycles. The second-order valence-electron chi connectivity index (χ2n) is 2.40. The Morgan fingerprint density at radius 3 is 2.50 bits per heavy atom. The fraction of sp³-hybridized carbons (Fsp3) is 0.556.